The molecule has 3 rings (SSSR count). The van der Waals surface area contributed by atoms with Crippen LogP contribution in [-0.2, 0) is 6.42 Å². The Kier molecular flexibility index (Phi) is 3.52. The lowest BCUT2D eigenvalue weighted by molar-refractivity contribution is 0.230. The molecule has 1 aliphatic rings. The first kappa shape index (κ1) is 12.0. The summed E-state index contributed by atoms with van der Waals surface area (Å²) in [5.41, 5.74) is 1.08. The third-order valence-corrected chi connectivity index (χ3v) is 3.91. The number of pyridine rings is 1. The molecule has 0 atom stereocenters. The minimum atomic E-state index is 0.769. The van der Waals surface area contributed by atoms with Crippen LogP contribution in [0.4, 0.5) is 0 Å². The Balaban J connectivity index is 1.70. The molecule has 1 fully saturated rings. The topological polar surface area (TPSA) is 20.5 Å². The number of nitrogens with zero attached hydrogens (tertiary/aromatic N) is 3. The number of fused-ring (bicyclic) bond motifs is 1. The monoisotopic (exact) mass is 263 g/mol. The van der Waals surface area contributed by atoms with Gasteiger partial charge in [0.15, 0.2) is 0 Å². The zero-order chi connectivity index (χ0) is 12.4. The van der Waals surface area contributed by atoms with Crippen LogP contribution in [0.25, 0.3) is 5.52 Å². The number of hydrogen-bond acceptors (Lipinski definition) is 2. The van der Waals surface area contributed by atoms with E-state index < -0.39 is 0 Å². The van der Waals surface area contributed by atoms with Crippen molar-refractivity contribution in [2.75, 3.05) is 19.6 Å². The van der Waals surface area contributed by atoms with E-state index >= 15 is 0 Å². The Hall–Kier alpha value is -1.06. The van der Waals surface area contributed by atoms with Crippen molar-refractivity contribution < 1.29 is 0 Å². The van der Waals surface area contributed by atoms with Gasteiger partial charge in [0.1, 0.15) is 5.82 Å². The Labute approximate surface area is 112 Å². The van der Waals surface area contributed by atoms with Crippen molar-refractivity contribution in [2.24, 2.45) is 0 Å². The number of rotatable bonds is 3. The van der Waals surface area contributed by atoms with E-state index in [0.717, 1.165) is 29.3 Å². The summed E-state index contributed by atoms with van der Waals surface area (Å²) >= 11 is 5.98. The summed E-state index contributed by atoms with van der Waals surface area (Å²) in [6, 6.07) is 3.87. The van der Waals surface area contributed by atoms with Crippen LogP contribution in [-0.4, -0.2) is 33.9 Å². The van der Waals surface area contributed by atoms with E-state index in [0.29, 0.717) is 0 Å². The first-order valence-corrected chi connectivity index (χ1v) is 7.04. The van der Waals surface area contributed by atoms with Gasteiger partial charge in [0.05, 0.1) is 11.7 Å². The second kappa shape index (κ2) is 5.29. The van der Waals surface area contributed by atoms with Crippen LogP contribution in [0.1, 0.15) is 25.1 Å². The van der Waals surface area contributed by atoms with E-state index in [9.17, 15) is 0 Å². The molecule has 0 radical (unpaired) electrons. The van der Waals surface area contributed by atoms with E-state index in [4.69, 9.17) is 11.6 Å². The Morgan fingerprint density at radius 2 is 2.06 bits per heavy atom. The number of likely N-dealkylation sites (tertiary alicyclic amines) is 1. The molecular formula is C14H18ClN3. The molecule has 1 aliphatic heterocycles. The number of piperidine rings is 1. The molecule has 4 heteroatoms. The van der Waals surface area contributed by atoms with Gasteiger partial charge in [-0.15, -0.1) is 0 Å². The summed E-state index contributed by atoms with van der Waals surface area (Å²) in [6.07, 6.45) is 9.00. The van der Waals surface area contributed by atoms with Crippen LogP contribution in [0.3, 0.4) is 0 Å². The molecule has 3 nitrogen and oxygen atoms in total. The number of hydrogen-bond donors (Lipinski definition) is 0. The molecule has 0 amide bonds. The summed E-state index contributed by atoms with van der Waals surface area (Å²) in [5.74, 6) is 1.13. The fourth-order valence-corrected chi connectivity index (χ4v) is 2.82. The van der Waals surface area contributed by atoms with Gasteiger partial charge in [0.2, 0.25) is 0 Å². The summed E-state index contributed by atoms with van der Waals surface area (Å²) in [7, 11) is 0. The molecular weight excluding hydrogens is 246 g/mol. The fraction of sp³-hybridized carbons (Fsp3) is 0.500. The SMILES string of the molecule is Clc1ccn2c(CCN3CCCCC3)ncc2c1. The molecule has 2 aromatic rings. The lowest BCUT2D eigenvalue weighted by Gasteiger charge is -2.25. The molecule has 0 aromatic carbocycles. The normalized spacial score (nSPS) is 17.4. The first-order chi connectivity index (χ1) is 8.83. The van der Waals surface area contributed by atoms with Crippen molar-refractivity contribution in [1.82, 2.24) is 14.3 Å². The molecule has 2 aromatic heterocycles. The minimum Gasteiger partial charge on any atom is -0.304 e. The van der Waals surface area contributed by atoms with E-state index in [1.807, 2.05) is 24.5 Å². The molecule has 0 aliphatic carbocycles. The average molecular weight is 264 g/mol. The molecule has 0 bridgehead atoms. The van der Waals surface area contributed by atoms with E-state index in [1.54, 1.807) is 0 Å². The van der Waals surface area contributed by atoms with Crippen molar-refractivity contribution in [3.63, 3.8) is 0 Å². The third kappa shape index (κ3) is 2.52. The molecule has 0 unspecified atom stereocenters. The van der Waals surface area contributed by atoms with Gasteiger partial charge in [-0.3, -0.25) is 0 Å². The smallest absolute Gasteiger partial charge is 0.114 e. The van der Waals surface area contributed by atoms with Gasteiger partial charge >= 0.3 is 0 Å². The second-order valence-corrected chi connectivity index (χ2v) is 5.40. The predicted molar refractivity (Wildman–Crippen MR) is 74.2 cm³/mol. The van der Waals surface area contributed by atoms with Crippen LogP contribution in [0.5, 0.6) is 0 Å². The molecule has 0 spiro atoms. The van der Waals surface area contributed by atoms with Gasteiger partial charge < -0.3 is 9.30 Å². The molecule has 0 saturated carbocycles. The summed E-state index contributed by atoms with van der Waals surface area (Å²) in [5, 5.41) is 0.769. The van der Waals surface area contributed by atoms with Gasteiger partial charge in [-0.25, -0.2) is 4.98 Å². The van der Waals surface area contributed by atoms with Gasteiger partial charge in [-0.2, -0.15) is 0 Å². The zero-order valence-electron chi connectivity index (χ0n) is 10.5. The van der Waals surface area contributed by atoms with Crippen molar-refractivity contribution in [3.8, 4) is 0 Å². The molecule has 18 heavy (non-hydrogen) atoms. The summed E-state index contributed by atoms with van der Waals surface area (Å²) in [4.78, 5) is 7.04. The van der Waals surface area contributed by atoms with Crippen molar-refractivity contribution >= 4 is 17.1 Å². The van der Waals surface area contributed by atoms with Gasteiger partial charge in [-0.1, -0.05) is 18.0 Å². The predicted octanol–water partition coefficient (Wildman–Crippen LogP) is 3.02. The lowest BCUT2D eigenvalue weighted by atomic mass is 10.1. The van der Waals surface area contributed by atoms with Crippen LogP contribution < -0.4 is 0 Å². The molecule has 3 heterocycles. The maximum Gasteiger partial charge on any atom is 0.114 e. The van der Waals surface area contributed by atoms with Crippen LogP contribution >= 0.6 is 11.6 Å². The number of aromatic nitrogens is 2. The number of halogens is 1. The maximum atomic E-state index is 5.98. The lowest BCUT2D eigenvalue weighted by Crippen LogP contribution is -2.31. The van der Waals surface area contributed by atoms with Crippen LogP contribution in [0, 0.1) is 0 Å². The quantitative estimate of drug-likeness (QED) is 0.849. The molecule has 1 saturated heterocycles. The average Bonchev–Trinajstić information content (AvgIpc) is 2.80. The Morgan fingerprint density at radius 1 is 1.22 bits per heavy atom. The van der Waals surface area contributed by atoms with E-state index in [2.05, 4.69) is 14.3 Å². The van der Waals surface area contributed by atoms with E-state index in [1.165, 1.54) is 32.4 Å². The molecule has 0 N–H and O–H groups in total. The summed E-state index contributed by atoms with van der Waals surface area (Å²) in [6.45, 7) is 3.60. The Bertz CT molecular complexity index is 529. The summed E-state index contributed by atoms with van der Waals surface area (Å²) < 4.78 is 2.13. The first-order valence-electron chi connectivity index (χ1n) is 6.67. The Morgan fingerprint density at radius 3 is 2.89 bits per heavy atom. The van der Waals surface area contributed by atoms with Crippen molar-refractivity contribution in [2.45, 2.75) is 25.7 Å². The minimum absolute atomic E-state index is 0.769. The highest BCUT2D eigenvalue weighted by atomic mass is 35.5. The van der Waals surface area contributed by atoms with E-state index in [-0.39, 0.29) is 0 Å². The second-order valence-electron chi connectivity index (χ2n) is 4.97. The standard InChI is InChI=1S/C14H18ClN3/c15-12-4-9-18-13(10-12)11-16-14(18)5-8-17-6-2-1-3-7-17/h4,9-11H,1-3,5-8H2. The highest BCUT2D eigenvalue weighted by Gasteiger charge is 2.11. The van der Waals surface area contributed by atoms with Crippen molar-refractivity contribution in [3.05, 3.63) is 35.4 Å². The fourth-order valence-electron chi connectivity index (χ4n) is 2.65. The molecule has 96 valence electrons. The van der Waals surface area contributed by atoms with Gasteiger partial charge in [0, 0.05) is 24.2 Å². The van der Waals surface area contributed by atoms with Crippen LogP contribution in [0.2, 0.25) is 5.02 Å². The van der Waals surface area contributed by atoms with Crippen molar-refractivity contribution in [1.29, 1.82) is 0 Å². The highest BCUT2D eigenvalue weighted by Crippen LogP contribution is 2.15. The maximum absolute atomic E-state index is 5.98. The van der Waals surface area contributed by atoms with Gasteiger partial charge in [0.25, 0.3) is 0 Å². The largest absolute Gasteiger partial charge is 0.304 e. The third-order valence-electron chi connectivity index (χ3n) is 3.67. The van der Waals surface area contributed by atoms with Gasteiger partial charge in [-0.05, 0) is 38.1 Å². The zero-order valence-corrected chi connectivity index (χ0v) is 11.2. The number of imidazole rings is 1. The highest BCUT2D eigenvalue weighted by molar-refractivity contribution is 6.30. The van der Waals surface area contributed by atoms with Crippen LogP contribution in [0.15, 0.2) is 24.5 Å².